The first-order valence-electron chi connectivity index (χ1n) is 13.4. The van der Waals surface area contributed by atoms with E-state index in [4.69, 9.17) is 4.74 Å². The number of aryl methyl sites for hydroxylation is 1. The van der Waals surface area contributed by atoms with E-state index in [1.54, 1.807) is 0 Å². The van der Waals surface area contributed by atoms with Crippen LogP contribution >= 0.6 is 0 Å². The SMILES string of the molecule is Cc1cc(-c2cccc3c2[nH]c2c4ccccc4ccc32)c2c(c1)N1c3ccccc3Oc3cccc(c31)[B]2. The molecule has 0 amide bonds. The maximum Gasteiger partial charge on any atom is 0.198 e. The van der Waals surface area contributed by atoms with Gasteiger partial charge in [-0.25, -0.2) is 0 Å². The Kier molecular flexibility index (Phi) is 4.07. The van der Waals surface area contributed by atoms with E-state index in [0.29, 0.717) is 0 Å². The van der Waals surface area contributed by atoms with Crippen molar-refractivity contribution in [3.8, 4) is 22.6 Å². The molecule has 0 fully saturated rings. The highest BCUT2D eigenvalue weighted by molar-refractivity contribution is 6.73. The molecule has 0 atom stereocenters. The summed E-state index contributed by atoms with van der Waals surface area (Å²) >= 11 is 0. The number of hydrogen-bond acceptors (Lipinski definition) is 2. The third kappa shape index (κ3) is 2.83. The van der Waals surface area contributed by atoms with Gasteiger partial charge in [0, 0.05) is 27.4 Å². The smallest absolute Gasteiger partial charge is 0.198 e. The second-order valence-corrected chi connectivity index (χ2v) is 10.6. The Hall–Kier alpha value is -4.96. The van der Waals surface area contributed by atoms with Crippen LogP contribution in [0.15, 0.2) is 109 Å². The summed E-state index contributed by atoms with van der Waals surface area (Å²) in [5.41, 5.74) is 11.8. The highest BCUT2D eigenvalue weighted by Gasteiger charge is 2.34. The zero-order valence-electron chi connectivity index (χ0n) is 21.3. The summed E-state index contributed by atoms with van der Waals surface area (Å²) < 4.78 is 6.34. The maximum absolute atomic E-state index is 6.34. The Morgan fingerprint density at radius 2 is 1.44 bits per heavy atom. The van der Waals surface area contributed by atoms with Crippen LogP contribution < -0.4 is 20.6 Å². The first kappa shape index (κ1) is 21.0. The number of ether oxygens (including phenoxy) is 1. The number of aromatic amines is 1. The molecule has 1 aromatic heterocycles. The second kappa shape index (κ2) is 7.55. The van der Waals surface area contributed by atoms with Crippen molar-refractivity contribution in [2.24, 2.45) is 0 Å². The standard InChI is InChI=1S/C35H22BN2O/c1-20-18-26(24-11-6-10-23-25-17-16-21-8-2-3-9-22(21)33(25)37-34(23)24)32-29(19-20)38-28-13-4-5-14-30(28)39-31-15-7-12-27(36-32)35(31)38/h2-19,37H,1H3. The summed E-state index contributed by atoms with van der Waals surface area (Å²) in [4.78, 5) is 6.23. The number of hydrogen-bond donors (Lipinski definition) is 1. The van der Waals surface area contributed by atoms with E-state index in [2.05, 4.69) is 127 Å². The second-order valence-electron chi connectivity index (χ2n) is 10.6. The lowest BCUT2D eigenvalue weighted by Gasteiger charge is -2.39. The number of H-pyrrole nitrogens is 1. The molecule has 1 N–H and O–H groups in total. The normalized spacial score (nSPS) is 13.1. The summed E-state index contributed by atoms with van der Waals surface area (Å²) in [6.07, 6.45) is 0. The molecule has 181 valence electrons. The van der Waals surface area contributed by atoms with Gasteiger partial charge in [-0.15, -0.1) is 0 Å². The fourth-order valence-corrected chi connectivity index (χ4v) is 6.58. The molecule has 0 unspecified atom stereocenters. The number of fused-ring (bicyclic) bond motifs is 9. The lowest BCUT2D eigenvalue weighted by Crippen LogP contribution is -2.42. The van der Waals surface area contributed by atoms with Crippen molar-refractivity contribution in [1.29, 1.82) is 0 Å². The molecule has 6 aromatic carbocycles. The molecule has 3 heterocycles. The van der Waals surface area contributed by atoms with Crippen LogP contribution in [0.5, 0.6) is 11.5 Å². The van der Waals surface area contributed by atoms with Gasteiger partial charge in [-0.1, -0.05) is 90.4 Å². The van der Waals surface area contributed by atoms with E-state index in [0.717, 1.165) is 28.3 Å². The fourth-order valence-electron chi connectivity index (χ4n) is 6.58. The van der Waals surface area contributed by atoms with Crippen LogP contribution in [0.4, 0.5) is 17.1 Å². The number of anilines is 3. The van der Waals surface area contributed by atoms with Crippen molar-refractivity contribution in [2.75, 3.05) is 4.90 Å². The Labute approximate surface area is 226 Å². The third-order valence-electron chi connectivity index (χ3n) is 8.25. The van der Waals surface area contributed by atoms with Crippen LogP contribution in [0.1, 0.15) is 5.56 Å². The van der Waals surface area contributed by atoms with Crippen molar-refractivity contribution in [2.45, 2.75) is 6.92 Å². The van der Waals surface area contributed by atoms with Gasteiger partial charge in [0.25, 0.3) is 0 Å². The molecule has 2 aliphatic rings. The predicted octanol–water partition coefficient (Wildman–Crippen LogP) is 7.99. The van der Waals surface area contributed by atoms with Crippen LogP contribution in [0.3, 0.4) is 0 Å². The van der Waals surface area contributed by atoms with E-state index in [-0.39, 0.29) is 0 Å². The zero-order chi connectivity index (χ0) is 25.7. The molecule has 2 aliphatic heterocycles. The van der Waals surface area contributed by atoms with Crippen molar-refractivity contribution < 1.29 is 4.74 Å². The topological polar surface area (TPSA) is 28.3 Å². The molecule has 0 saturated carbocycles. The first-order valence-corrected chi connectivity index (χ1v) is 13.4. The number of benzene rings is 6. The molecule has 0 aliphatic carbocycles. The van der Waals surface area contributed by atoms with Gasteiger partial charge >= 0.3 is 0 Å². The lowest BCUT2D eigenvalue weighted by molar-refractivity contribution is 0.477. The van der Waals surface area contributed by atoms with Gasteiger partial charge in [0.1, 0.15) is 0 Å². The van der Waals surface area contributed by atoms with E-state index in [1.165, 1.54) is 60.4 Å². The number of nitrogens with one attached hydrogen (secondary N) is 1. The minimum absolute atomic E-state index is 0.877. The van der Waals surface area contributed by atoms with Gasteiger partial charge in [-0.2, -0.15) is 0 Å². The van der Waals surface area contributed by atoms with Crippen molar-refractivity contribution in [3.63, 3.8) is 0 Å². The summed E-state index contributed by atoms with van der Waals surface area (Å²) in [5.74, 6) is 1.77. The van der Waals surface area contributed by atoms with Crippen LogP contribution in [0.2, 0.25) is 0 Å². The van der Waals surface area contributed by atoms with Gasteiger partial charge in [-0.05, 0) is 53.2 Å². The zero-order valence-corrected chi connectivity index (χ0v) is 21.3. The average Bonchev–Trinajstić information content (AvgIpc) is 3.36. The lowest BCUT2D eigenvalue weighted by atomic mass is 9.58. The number of rotatable bonds is 1. The van der Waals surface area contributed by atoms with Gasteiger partial charge in [0.05, 0.1) is 22.4 Å². The molecular formula is C35H22BN2O. The molecule has 7 aromatic rings. The maximum atomic E-state index is 6.34. The fraction of sp³-hybridized carbons (Fsp3) is 0.0286. The molecule has 3 nitrogen and oxygen atoms in total. The number of para-hydroxylation sites is 4. The van der Waals surface area contributed by atoms with Crippen LogP contribution in [0.25, 0.3) is 43.7 Å². The van der Waals surface area contributed by atoms with Crippen molar-refractivity contribution in [1.82, 2.24) is 4.98 Å². The van der Waals surface area contributed by atoms with Crippen LogP contribution in [-0.2, 0) is 0 Å². The van der Waals surface area contributed by atoms with Crippen LogP contribution in [0, 0.1) is 6.92 Å². The summed E-state index contributed by atoms with van der Waals surface area (Å²) in [7, 11) is 2.33. The van der Waals surface area contributed by atoms with Gasteiger partial charge in [-0.3, -0.25) is 0 Å². The average molecular weight is 497 g/mol. The van der Waals surface area contributed by atoms with E-state index >= 15 is 0 Å². The Morgan fingerprint density at radius 3 is 2.41 bits per heavy atom. The Bertz CT molecular complexity index is 2160. The molecule has 0 bridgehead atoms. The summed E-state index contributed by atoms with van der Waals surface area (Å²) in [5, 5.41) is 5.01. The van der Waals surface area contributed by atoms with Crippen molar-refractivity contribution >= 4 is 67.8 Å². The van der Waals surface area contributed by atoms with Crippen LogP contribution in [-0.4, -0.2) is 12.3 Å². The number of nitrogens with zero attached hydrogens (tertiary/aromatic N) is 1. The minimum atomic E-state index is 0.877. The molecule has 9 rings (SSSR count). The predicted molar refractivity (Wildman–Crippen MR) is 163 cm³/mol. The van der Waals surface area contributed by atoms with E-state index in [9.17, 15) is 0 Å². The minimum Gasteiger partial charge on any atom is -0.453 e. The molecule has 39 heavy (non-hydrogen) atoms. The van der Waals surface area contributed by atoms with Gasteiger partial charge < -0.3 is 14.6 Å². The summed E-state index contributed by atoms with van der Waals surface area (Å²) in [6.45, 7) is 2.19. The van der Waals surface area contributed by atoms with E-state index < -0.39 is 0 Å². The highest BCUT2D eigenvalue weighted by atomic mass is 16.5. The molecule has 0 saturated heterocycles. The summed E-state index contributed by atoms with van der Waals surface area (Å²) in [6, 6.07) is 39.0. The van der Waals surface area contributed by atoms with Gasteiger partial charge in [0.15, 0.2) is 18.8 Å². The Balaban J connectivity index is 1.35. The Morgan fingerprint density at radius 1 is 0.641 bits per heavy atom. The monoisotopic (exact) mass is 497 g/mol. The number of aromatic nitrogens is 1. The largest absolute Gasteiger partial charge is 0.453 e. The third-order valence-corrected chi connectivity index (χ3v) is 8.25. The van der Waals surface area contributed by atoms with Gasteiger partial charge in [0.2, 0.25) is 0 Å². The first-order chi connectivity index (χ1) is 19.2. The molecule has 1 radical (unpaired) electrons. The van der Waals surface area contributed by atoms with Crippen molar-refractivity contribution in [3.05, 3.63) is 115 Å². The highest BCUT2D eigenvalue weighted by Crippen LogP contribution is 2.51. The quantitative estimate of drug-likeness (QED) is 0.233. The molecule has 0 spiro atoms. The molecule has 4 heteroatoms. The van der Waals surface area contributed by atoms with E-state index in [1.807, 2.05) is 6.07 Å². The molecular weight excluding hydrogens is 475 g/mol.